The average molecular weight is 654 g/mol. The second kappa shape index (κ2) is 11.8. The first-order valence-electron chi connectivity index (χ1n) is 15.3. The van der Waals surface area contributed by atoms with Crippen molar-refractivity contribution in [2.75, 3.05) is 11.5 Å². The zero-order chi connectivity index (χ0) is 35.5. The van der Waals surface area contributed by atoms with Gasteiger partial charge < -0.3 is 26.3 Å². The number of anilines is 2. The van der Waals surface area contributed by atoms with Gasteiger partial charge in [-0.1, -0.05) is 12.1 Å². The highest BCUT2D eigenvalue weighted by atomic mass is 16.2. The minimum absolute atomic E-state index is 0.216. The Hall–Kier alpha value is -5.70. The van der Waals surface area contributed by atoms with Gasteiger partial charge >= 0.3 is 0 Å². The monoisotopic (exact) mass is 653 g/mol. The van der Waals surface area contributed by atoms with Crippen molar-refractivity contribution < 1.29 is 9.59 Å². The van der Waals surface area contributed by atoms with Gasteiger partial charge in [-0.15, -0.1) is 0 Å². The fraction of sp³-hybridized carbons (Fsp3) is 0.333. The van der Waals surface area contributed by atoms with Gasteiger partial charge in [-0.05, 0) is 72.7 Å². The van der Waals surface area contributed by atoms with Crippen LogP contribution in [0.1, 0.15) is 68.1 Å². The van der Waals surface area contributed by atoms with Gasteiger partial charge in [0.25, 0.3) is 11.8 Å². The SMILES string of the molecule is Cc1nc2cc(-c3nn(C(C)(C)C)cc3C(=O)NN)ccc2n1C.Cn1c(N)nc2cc(-c3nn(C(C)(C)C)c(N)c3C(N)=O)ccc21. The molecule has 252 valence electrons. The molecule has 4 aromatic heterocycles. The number of carbonyl (C=O) groups is 2. The lowest BCUT2D eigenvalue weighted by molar-refractivity contribution is 0.0952. The Labute approximate surface area is 277 Å². The van der Waals surface area contributed by atoms with E-state index in [0.717, 1.165) is 27.9 Å². The van der Waals surface area contributed by atoms with Crippen molar-refractivity contribution in [2.24, 2.45) is 25.7 Å². The first-order chi connectivity index (χ1) is 22.3. The molecule has 0 unspecified atom stereocenters. The number of hydrogen-bond acceptors (Lipinski definition) is 9. The van der Waals surface area contributed by atoms with Gasteiger partial charge in [-0.2, -0.15) is 10.2 Å². The van der Waals surface area contributed by atoms with Crippen LogP contribution in [0.25, 0.3) is 44.6 Å². The number of amides is 2. The van der Waals surface area contributed by atoms with Gasteiger partial charge in [0.2, 0.25) is 5.95 Å². The largest absolute Gasteiger partial charge is 0.383 e. The van der Waals surface area contributed by atoms with E-state index in [-0.39, 0.29) is 28.4 Å². The summed E-state index contributed by atoms with van der Waals surface area (Å²) in [5, 5.41) is 9.16. The van der Waals surface area contributed by atoms with E-state index in [9.17, 15) is 9.59 Å². The van der Waals surface area contributed by atoms with Gasteiger partial charge in [-0.25, -0.2) is 20.5 Å². The summed E-state index contributed by atoms with van der Waals surface area (Å²) in [7, 11) is 3.82. The molecule has 6 aromatic rings. The number of imidazole rings is 2. The summed E-state index contributed by atoms with van der Waals surface area (Å²) in [5.74, 6) is 5.96. The summed E-state index contributed by atoms with van der Waals surface area (Å²) >= 11 is 0. The molecule has 0 saturated heterocycles. The molecule has 0 aliphatic carbocycles. The van der Waals surface area contributed by atoms with Crippen molar-refractivity contribution >= 4 is 45.6 Å². The van der Waals surface area contributed by atoms with Crippen LogP contribution in [0.3, 0.4) is 0 Å². The molecule has 4 heterocycles. The molecular weight excluding hydrogens is 610 g/mol. The second-order valence-electron chi connectivity index (χ2n) is 13.7. The summed E-state index contributed by atoms with van der Waals surface area (Å²) in [6.45, 7) is 13.9. The predicted molar refractivity (Wildman–Crippen MR) is 188 cm³/mol. The Morgan fingerprint density at radius 3 is 1.90 bits per heavy atom. The van der Waals surface area contributed by atoms with Crippen LogP contribution in [0.15, 0.2) is 42.6 Å². The number of rotatable bonds is 4. The first kappa shape index (κ1) is 33.7. The molecule has 0 aliphatic heterocycles. The van der Waals surface area contributed by atoms with Gasteiger partial charge in [-0.3, -0.25) is 19.7 Å². The van der Waals surface area contributed by atoms with E-state index in [1.165, 1.54) is 0 Å². The lowest BCUT2D eigenvalue weighted by atomic mass is 10.1. The maximum atomic E-state index is 12.2. The van der Waals surface area contributed by atoms with Crippen LogP contribution in [0, 0.1) is 6.92 Å². The summed E-state index contributed by atoms with van der Waals surface area (Å²) in [6.07, 6.45) is 1.73. The van der Waals surface area contributed by atoms with E-state index in [2.05, 4.69) is 25.6 Å². The van der Waals surface area contributed by atoms with Crippen molar-refractivity contribution in [3.63, 3.8) is 0 Å². The third kappa shape index (κ3) is 5.95. The van der Waals surface area contributed by atoms with Crippen molar-refractivity contribution in [2.45, 2.75) is 59.5 Å². The number of hydrogen-bond donors (Lipinski definition) is 5. The number of nitrogen functional groups attached to an aromatic ring is 3. The zero-order valence-corrected chi connectivity index (χ0v) is 28.7. The number of benzene rings is 2. The Morgan fingerprint density at radius 2 is 1.35 bits per heavy atom. The predicted octanol–water partition coefficient (Wildman–Crippen LogP) is 3.56. The molecule has 15 heteroatoms. The van der Waals surface area contributed by atoms with Gasteiger partial charge in [0.15, 0.2) is 0 Å². The van der Waals surface area contributed by atoms with Crippen LogP contribution in [-0.2, 0) is 25.2 Å². The quantitative estimate of drug-likeness (QED) is 0.106. The lowest BCUT2D eigenvalue weighted by Crippen LogP contribution is -2.30. The maximum absolute atomic E-state index is 12.2. The van der Waals surface area contributed by atoms with Crippen molar-refractivity contribution in [1.29, 1.82) is 0 Å². The summed E-state index contributed by atoms with van der Waals surface area (Å²) in [4.78, 5) is 32.9. The zero-order valence-electron chi connectivity index (χ0n) is 28.7. The standard InChI is InChI=1S/C17H22N6O.C16H21N7O/c1-10-19-13-8-11(6-7-14(13)22(10)5)15-12(16(24)20-18)9-23(21-15)17(2,3)4;1-16(2,3)23-13(17)11(14(18)24)12(21-23)8-5-6-10-9(7-8)20-15(19)22(10)4/h6-9H,18H2,1-5H3,(H,20,24);5-7H,17H2,1-4H3,(H2,18,24)(H2,19,20). The lowest BCUT2D eigenvalue weighted by Gasteiger charge is -2.20. The number of nitrogens with one attached hydrogen (secondary N) is 1. The molecule has 0 aliphatic rings. The van der Waals surface area contributed by atoms with Crippen LogP contribution in [0.4, 0.5) is 11.8 Å². The fourth-order valence-corrected chi connectivity index (χ4v) is 5.40. The number of primary amides is 1. The van der Waals surface area contributed by atoms with E-state index in [0.29, 0.717) is 34.0 Å². The highest BCUT2D eigenvalue weighted by molar-refractivity contribution is 6.04. The summed E-state index contributed by atoms with van der Waals surface area (Å²) in [6, 6.07) is 11.4. The molecule has 0 saturated carbocycles. The molecule has 2 aromatic carbocycles. The van der Waals surface area contributed by atoms with Crippen molar-refractivity contribution in [3.05, 3.63) is 59.5 Å². The minimum atomic E-state index is -0.612. The van der Waals surface area contributed by atoms with Gasteiger partial charge in [0.05, 0.1) is 38.7 Å². The van der Waals surface area contributed by atoms with Gasteiger partial charge in [0, 0.05) is 31.4 Å². The number of fused-ring (bicyclic) bond motifs is 2. The van der Waals surface area contributed by atoms with Crippen LogP contribution in [0.5, 0.6) is 0 Å². The average Bonchev–Trinajstić information content (AvgIpc) is 3.75. The maximum Gasteiger partial charge on any atom is 0.269 e. The Morgan fingerprint density at radius 1 is 0.792 bits per heavy atom. The molecule has 0 radical (unpaired) electrons. The third-order valence-corrected chi connectivity index (χ3v) is 8.15. The highest BCUT2D eigenvalue weighted by Gasteiger charge is 2.27. The Kier molecular flexibility index (Phi) is 8.29. The summed E-state index contributed by atoms with van der Waals surface area (Å²) < 4.78 is 7.21. The van der Waals surface area contributed by atoms with E-state index >= 15 is 0 Å². The molecule has 0 spiro atoms. The summed E-state index contributed by atoms with van der Waals surface area (Å²) in [5.41, 5.74) is 25.8. The van der Waals surface area contributed by atoms with E-state index in [4.69, 9.17) is 23.0 Å². The number of hydrazine groups is 1. The molecular formula is C33H43N13O2. The second-order valence-corrected chi connectivity index (χ2v) is 13.7. The van der Waals surface area contributed by atoms with Crippen LogP contribution >= 0.6 is 0 Å². The molecule has 0 fully saturated rings. The van der Waals surface area contributed by atoms with Crippen molar-refractivity contribution in [1.82, 2.24) is 44.1 Å². The number of nitrogens with zero attached hydrogens (tertiary/aromatic N) is 8. The van der Waals surface area contributed by atoms with Gasteiger partial charge in [0.1, 0.15) is 28.6 Å². The Bertz CT molecular complexity index is 2200. The Balaban J connectivity index is 0.000000188. The van der Waals surface area contributed by atoms with E-state index < -0.39 is 5.91 Å². The first-order valence-corrected chi connectivity index (χ1v) is 15.3. The topological polar surface area (TPSA) is 222 Å². The molecule has 0 bridgehead atoms. The molecule has 15 nitrogen and oxygen atoms in total. The molecule has 0 atom stereocenters. The van der Waals surface area contributed by atoms with E-state index in [1.807, 2.05) is 104 Å². The smallest absolute Gasteiger partial charge is 0.269 e. The fourth-order valence-electron chi connectivity index (χ4n) is 5.40. The number of aryl methyl sites for hydroxylation is 3. The third-order valence-electron chi connectivity index (χ3n) is 8.15. The van der Waals surface area contributed by atoms with Crippen molar-refractivity contribution in [3.8, 4) is 22.5 Å². The molecule has 6 rings (SSSR count). The molecule has 9 N–H and O–H groups in total. The molecule has 2 amide bonds. The molecule has 48 heavy (non-hydrogen) atoms. The number of nitrogens with two attached hydrogens (primary N) is 4. The van der Waals surface area contributed by atoms with Crippen LogP contribution in [0.2, 0.25) is 0 Å². The highest BCUT2D eigenvalue weighted by Crippen LogP contribution is 2.33. The van der Waals surface area contributed by atoms with Crippen LogP contribution in [-0.4, -0.2) is 50.5 Å². The van der Waals surface area contributed by atoms with Crippen LogP contribution < -0.4 is 28.5 Å². The van der Waals surface area contributed by atoms with E-state index in [1.54, 1.807) is 20.1 Å². The minimum Gasteiger partial charge on any atom is -0.383 e. The normalized spacial score (nSPS) is 12.0. The number of carbonyl (C=O) groups excluding carboxylic acids is 2. The number of aromatic nitrogens is 8.